The van der Waals surface area contributed by atoms with Crippen LogP contribution in [0.15, 0.2) is 24.3 Å². The standard InChI is InChI=1S/C15H23NO/c1-12-6-4-5-7-14(12)8-13-9-15(2,11-17-3)16-10-13/h4-7,13,16H,8-11H2,1-3H3. The molecule has 2 atom stereocenters. The smallest absolute Gasteiger partial charge is 0.0641 e. The summed E-state index contributed by atoms with van der Waals surface area (Å²) in [6.07, 6.45) is 2.38. The molecule has 2 nitrogen and oxygen atoms in total. The first-order valence-corrected chi connectivity index (χ1v) is 6.41. The van der Waals surface area contributed by atoms with Gasteiger partial charge < -0.3 is 10.1 Å². The molecule has 1 aromatic rings. The minimum Gasteiger partial charge on any atom is -0.383 e. The van der Waals surface area contributed by atoms with Gasteiger partial charge in [-0.05, 0) is 50.3 Å². The van der Waals surface area contributed by atoms with E-state index < -0.39 is 0 Å². The predicted molar refractivity (Wildman–Crippen MR) is 71.3 cm³/mol. The van der Waals surface area contributed by atoms with Crippen molar-refractivity contribution in [3.8, 4) is 0 Å². The minimum absolute atomic E-state index is 0.169. The lowest BCUT2D eigenvalue weighted by atomic mass is 9.90. The van der Waals surface area contributed by atoms with E-state index in [4.69, 9.17) is 4.74 Å². The first kappa shape index (κ1) is 12.6. The quantitative estimate of drug-likeness (QED) is 0.863. The van der Waals surface area contributed by atoms with Gasteiger partial charge in [-0.15, -0.1) is 0 Å². The molecule has 1 fully saturated rings. The van der Waals surface area contributed by atoms with E-state index in [2.05, 4.69) is 43.4 Å². The molecule has 1 aliphatic rings. The van der Waals surface area contributed by atoms with Crippen LogP contribution in [0.2, 0.25) is 0 Å². The number of methoxy groups -OCH3 is 1. The highest BCUT2D eigenvalue weighted by molar-refractivity contribution is 5.26. The van der Waals surface area contributed by atoms with Crippen LogP contribution >= 0.6 is 0 Å². The number of rotatable bonds is 4. The van der Waals surface area contributed by atoms with Crippen molar-refractivity contribution < 1.29 is 4.74 Å². The van der Waals surface area contributed by atoms with E-state index in [1.54, 1.807) is 7.11 Å². The van der Waals surface area contributed by atoms with Crippen molar-refractivity contribution in [2.75, 3.05) is 20.3 Å². The van der Waals surface area contributed by atoms with Crippen LogP contribution in [0.5, 0.6) is 0 Å². The molecule has 0 amide bonds. The summed E-state index contributed by atoms with van der Waals surface area (Å²) in [5.41, 5.74) is 3.07. The largest absolute Gasteiger partial charge is 0.383 e. The average Bonchev–Trinajstić information content (AvgIpc) is 2.64. The van der Waals surface area contributed by atoms with E-state index in [-0.39, 0.29) is 5.54 Å². The van der Waals surface area contributed by atoms with Crippen molar-refractivity contribution >= 4 is 0 Å². The maximum atomic E-state index is 5.29. The fraction of sp³-hybridized carbons (Fsp3) is 0.600. The summed E-state index contributed by atoms with van der Waals surface area (Å²) >= 11 is 0. The van der Waals surface area contributed by atoms with Gasteiger partial charge >= 0.3 is 0 Å². The third-order valence-electron chi connectivity index (χ3n) is 3.79. The molecule has 0 saturated carbocycles. The van der Waals surface area contributed by atoms with Crippen LogP contribution in [0.3, 0.4) is 0 Å². The molecule has 0 spiro atoms. The summed E-state index contributed by atoms with van der Waals surface area (Å²) in [5, 5.41) is 3.60. The van der Waals surface area contributed by atoms with E-state index in [0.717, 1.165) is 19.1 Å². The Morgan fingerprint density at radius 2 is 2.18 bits per heavy atom. The lowest BCUT2D eigenvalue weighted by Crippen LogP contribution is -2.40. The highest BCUT2D eigenvalue weighted by atomic mass is 16.5. The second kappa shape index (κ2) is 5.19. The number of benzene rings is 1. The van der Waals surface area contributed by atoms with Crippen LogP contribution in [0, 0.1) is 12.8 Å². The second-order valence-electron chi connectivity index (χ2n) is 5.58. The highest BCUT2D eigenvalue weighted by Gasteiger charge is 2.34. The van der Waals surface area contributed by atoms with Gasteiger partial charge in [-0.1, -0.05) is 24.3 Å². The lowest BCUT2D eigenvalue weighted by Gasteiger charge is -2.23. The van der Waals surface area contributed by atoms with Gasteiger partial charge in [-0.25, -0.2) is 0 Å². The lowest BCUT2D eigenvalue weighted by molar-refractivity contribution is 0.128. The number of ether oxygens (including phenoxy) is 1. The fourth-order valence-corrected chi connectivity index (χ4v) is 2.90. The topological polar surface area (TPSA) is 21.3 Å². The molecular weight excluding hydrogens is 210 g/mol. The molecular formula is C15H23NO. The van der Waals surface area contributed by atoms with Crippen molar-refractivity contribution in [3.63, 3.8) is 0 Å². The van der Waals surface area contributed by atoms with Crippen molar-refractivity contribution in [1.29, 1.82) is 0 Å². The SMILES string of the molecule is COCC1(C)CC(Cc2ccccc2C)CN1. The van der Waals surface area contributed by atoms with E-state index >= 15 is 0 Å². The van der Waals surface area contributed by atoms with Gasteiger partial charge in [0.2, 0.25) is 0 Å². The van der Waals surface area contributed by atoms with E-state index in [9.17, 15) is 0 Å². The molecule has 0 aliphatic carbocycles. The summed E-state index contributed by atoms with van der Waals surface area (Å²) in [4.78, 5) is 0. The van der Waals surface area contributed by atoms with Crippen molar-refractivity contribution in [2.45, 2.75) is 32.2 Å². The molecule has 1 heterocycles. The monoisotopic (exact) mass is 233 g/mol. The predicted octanol–water partition coefficient (Wildman–Crippen LogP) is 2.55. The fourth-order valence-electron chi connectivity index (χ4n) is 2.90. The minimum atomic E-state index is 0.169. The summed E-state index contributed by atoms with van der Waals surface area (Å²) in [6.45, 7) is 6.37. The van der Waals surface area contributed by atoms with Crippen LogP contribution < -0.4 is 5.32 Å². The Balaban J connectivity index is 1.96. The Morgan fingerprint density at radius 1 is 1.41 bits per heavy atom. The summed E-state index contributed by atoms with van der Waals surface area (Å²) in [5.74, 6) is 0.733. The molecule has 1 aromatic carbocycles. The molecule has 0 bridgehead atoms. The van der Waals surface area contributed by atoms with Gasteiger partial charge in [0.15, 0.2) is 0 Å². The average molecular weight is 233 g/mol. The second-order valence-corrected chi connectivity index (χ2v) is 5.58. The number of aryl methyl sites for hydroxylation is 1. The summed E-state index contributed by atoms with van der Waals surface area (Å²) in [6, 6.07) is 8.70. The first-order chi connectivity index (χ1) is 8.13. The van der Waals surface area contributed by atoms with Crippen molar-refractivity contribution in [2.24, 2.45) is 5.92 Å². The third kappa shape index (κ3) is 3.08. The molecule has 0 aromatic heterocycles. The van der Waals surface area contributed by atoms with Gasteiger partial charge in [0, 0.05) is 12.6 Å². The Hall–Kier alpha value is -0.860. The summed E-state index contributed by atoms with van der Waals surface area (Å²) < 4.78 is 5.29. The number of nitrogens with one attached hydrogen (secondary N) is 1. The van der Waals surface area contributed by atoms with Crippen LogP contribution in [0.1, 0.15) is 24.5 Å². The molecule has 17 heavy (non-hydrogen) atoms. The maximum Gasteiger partial charge on any atom is 0.0641 e. The van der Waals surface area contributed by atoms with E-state index in [1.807, 2.05) is 0 Å². The molecule has 2 rings (SSSR count). The first-order valence-electron chi connectivity index (χ1n) is 6.41. The molecule has 0 radical (unpaired) electrons. The van der Waals surface area contributed by atoms with Gasteiger partial charge in [0.25, 0.3) is 0 Å². The Kier molecular flexibility index (Phi) is 3.85. The summed E-state index contributed by atoms with van der Waals surface area (Å²) in [7, 11) is 1.78. The van der Waals surface area contributed by atoms with Crippen LogP contribution in [-0.4, -0.2) is 25.8 Å². The maximum absolute atomic E-state index is 5.29. The van der Waals surface area contributed by atoms with E-state index in [1.165, 1.54) is 24.0 Å². The zero-order chi connectivity index (χ0) is 12.3. The molecule has 94 valence electrons. The molecule has 2 unspecified atom stereocenters. The normalized spacial score (nSPS) is 28.5. The Morgan fingerprint density at radius 3 is 2.88 bits per heavy atom. The Labute approximate surface area is 104 Å². The highest BCUT2D eigenvalue weighted by Crippen LogP contribution is 2.27. The van der Waals surface area contributed by atoms with Crippen LogP contribution in [0.4, 0.5) is 0 Å². The van der Waals surface area contributed by atoms with E-state index in [0.29, 0.717) is 0 Å². The van der Waals surface area contributed by atoms with Gasteiger partial charge in [-0.2, -0.15) is 0 Å². The molecule has 1 saturated heterocycles. The zero-order valence-electron chi connectivity index (χ0n) is 11.1. The van der Waals surface area contributed by atoms with Gasteiger partial charge in [0.05, 0.1) is 6.61 Å². The molecule has 1 aliphatic heterocycles. The van der Waals surface area contributed by atoms with Crippen LogP contribution in [0.25, 0.3) is 0 Å². The van der Waals surface area contributed by atoms with Crippen LogP contribution in [-0.2, 0) is 11.2 Å². The Bertz CT molecular complexity index is 377. The number of hydrogen-bond acceptors (Lipinski definition) is 2. The molecule has 2 heteroatoms. The van der Waals surface area contributed by atoms with Gasteiger partial charge in [-0.3, -0.25) is 0 Å². The zero-order valence-corrected chi connectivity index (χ0v) is 11.1. The number of hydrogen-bond donors (Lipinski definition) is 1. The van der Waals surface area contributed by atoms with Crippen molar-refractivity contribution in [3.05, 3.63) is 35.4 Å². The third-order valence-corrected chi connectivity index (χ3v) is 3.79. The van der Waals surface area contributed by atoms with Gasteiger partial charge in [0.1, 0.15) is 0 Å². The molecule has 1 N–H and O–H groups in total. The van der Waals surface area contributed by atoms with Crippen molar-refractivity contribution in [1.82, 2.24) is 5.32 Å².